The summed E-state index contributed by atoms with van der Waals surface area (Å²) in [6.07, 6.45) is 0.907. The van der Waals surface area contributed by atoms with E-state index in [4.69, 9.17) is 5.11 Å². The molecule has 0 saturated heterocycles. The van der Waals surface area contributed by atoms with Crippen LogP contribution >= 0.6 is 0 Å². The number of aliphatic hydroxyl groups excluding tert-OH is 2. The highest BCUT2D eigenvalue weighted by molar-refractivity contribution is 5.33. The molecule has 0 radical (unpaired) electrons. The normalized spacial score (nSPS) is 31.7. The molecule has 0 spiro atoms. The Balaban J connectivity index is 2.25. The van der Waals surface area contributed by atoms with Crippen LogP contribution in [0.3, 0.4) is 0 Å². The molecule has 2 atom stereocenters. The van der Waals surface area contributed by atoms with Gasteiger partial charge in [0, 0.05) is 12.0 Å². The summed E-state index contributed by atoms with van der Waals surface area (Å²) in [5.41, 5.74) is 1.01. The third-order valence-electron chi connectivity index (χ3n) is 3.08. The minimum absolute atomic E-state index is 0.141. The molecule has 0 aliphatic heterocycles. The Morgan fingerprint density at radius 1 is 1.23 bits per heavy atom. The van der Waals surface area contributed by atoms with E-state index >= 15 is 0 Å². The molecule has 13 heavy (non-hydrogen) atoms. The van der Waals surface area contributed by atoms with Gasteiger partial charge in [-0.1, -0.05) is 30.3 Å². The summed E-state index contributed by atoms with van der Waals surface area (Å²) in [6.45, 7) is 0.317. The number of hydrogen-bond donors (Lipinski definition) is 2. The fourth-order valence-corrected chi connectivity index (χ4v) is 2.03. The molecule has 0 amide bonds. The predicted octanol–water partition coefficient (Wildman–Crippen LogP) is 0.929. The highest BCUT2D eigenvalue weighted by atomic mass is 16.3. The highest BCUT2D eigenvalue weighted by Gasteiger charge is 2.54. The third kappa shape index (κ3) is 1.26. The molecule has 0 unspecified atom stereocenters. The van der Waals surface area contributed by atoms with Crippen molar-refractivity contribution < 1.29 is 10.2 Å². The maximum atomic E-state index is 9.30. The molecular weight excluding hydrogens is 164 g/mol. The highest BCUT2D eigenvalue weighted by Crippen LogP contribution is 2.53. The van der Waals surface area contributed by atoms with Crippen molar-refractivity contribution in [2.75, 3.05) is 13.2 Å². The zero-order valence-electron chi connectivity index (χ0n) is 7.48. The molecule has 2 N–H and O–H groups in total. The Kier molecular flexibility index (Phi) is 2.10. The van der Waals surface area contributed by atoms with Gasteiger partial charge in [0.2, 0.25) is 0 Å². The van der Waals surface area contributed by atoms with Gasteiger partial charge in [-0.05, 0) is 17.9 Å². The van der Waals surface area contributed by atoms with Gasteiger partial charge in [0.05, 0.1) is 6.61 Å². The monoisotopic (exact) mass is 178 g/mol. The van der Waals surface area contributed by atoms with E-state index in [9.17, 15) is 5.11 Å². The van der Waals surface area contributed by atoms with Crippen molar-refractivity contribution in [2.24, 2.45) is 5.92 Å². The molecule has 1 aliphatic carbocycles. The average molecular weight is 178 g/mol. The summed E-state index contributed by atoms with van der Waals surface area (Å²) in [4.78, 5) is 0. The lowest BCUT2D eigenvalue weighted by molar-refractivity contribution is 0.213. The summed E-state index contributed by atoms with van der Waals surface area (Å²) >= 11 is 0. The first-order valence-corrected chi connectivity index (χ1v) is 4.61. The van der Waals surface area contributed by atoms with Crippen molar-refractivity contribution in [3.63, 3.8) is 0 Å². The van der Waals surface area contributed by atoms with Gasteiger partial charge >= 0.3 is 0 Å². The van der Waals surface area contributed by atoms with Crippen LogP contribution in [0.25, 0.3) is 0 Å². The van der Waals surface area contributed by atoms with Gasteiger partial charge in [0.1, 0.15) is 0 Å². The minimum atomic E-state index is -0.143. The van der Waals surface area contributed by atoms with Crippen LogP contribution in [0.1, 0.15) is 12.0 Å². The second kappa shape index (κ2) is 3.13. The molecule has 1 aliphatic rings. The van der Waals surface area contributed by atoms with Gasteiger partial charge in [0.25, 0.3) is 0 Å². The molecule has 2 rings (SSSR count). The van der Waals surface area contributed by atoms with Crippen LogP contribution in [0.15, 0.2) is 30.3 Å². The Morgan fingerprint density at radius 3 is 2.38 bits per heavy atom. The van der Waals surface area contributed by atoms with Crippen molar-refractivity contribution in [1.29, 1.82) is 0 Å². The second-order valence-electron chi connectivity index (χ2n) is 3.76. The van der Waals surface area contributed by atoms with Crippen molar-refractivity contribution in [2.45, 2.75) is 11.8 Å². The molecule has 1 aromatic carbocycles. The lowest BCUT2D eigenvalue weighted by Gasteiger charge is -2.13. The van der Waals surface area contributed by atoms with Crippen LogP contribution in [-0.2, 0) is 5.41 Å². The van der Waals surface area contributed by atoms with Crippen LogP contribution in [0.2, 0.25) is 0 Å². The van der Waals surface area contributed by atoms with Crippen LogP contribution in [0.4, 0.5) is 0 Å². The fourth-order valence-electron chi connectivity index (χ4n) is 2.03. The zero-order chi connectivity index (χ0) is 9.31. The first-order chi connectivity index (χ1) is 6.33. The van der Waals surface area contributed by atoms with E-state index in [0.717, 1.165) is 12.0 Å². The lowest BCUT2D eigenvalue weighted by atomic mass is 9.94. The topological polar surface area (TPSA) is 40.5 Å². The van der Waals surface area contributed by atoms with Gasteiger partial charge in [0.15, 0.2) is 0 Å². The molecule has 1 aromatic rings. The summed E-state index contributed by atoms with van der Waals surface area (Å²) in [5, 5.41) is 18.3. The predicted molar refractivity (Wildman–Crippen MR) is 50.4 cm³/mol. The van der Waals surface area contributed by atoms with Crippen molar-refractivity contribution >= 4 is 0 Å². The third-order valence-corrected chi connectivity index (χ3v) is 3.08. The SMILES string of the molecule is OC[C@H]1C[C@]1(CO)c1ccccc1. The fraction of sp³-hybridized carbons (Fsp3) is 0.455. The molecule has 2 heteroatoms. The van der Waals surface area contributed by atoms with E-state index in [1.165, 1.54) is 0 Å². The molecule has 0 aromatic heterocycles. The number of rotatable bonds is 3. The van der Waals surface area contributed by atoms with E-state index in [2.05, 4.69) is 0 Å². The summed E-state index contributed by atoms with van der Waals surface area (Å²) < 4.78 is 0. The second-order valence-corrected chi connectivity index (χ2v) is 3.76. The molecule has 2 nitrogen and oxygen atoms in total. The number of aliphatic hydroxyl groups is 2. The lowest BCUT2D eigenvalue weighted by Crippen LogP contribution is -2.16. The number of benzene rings is 1. The minimum Gasteiger partial charge on any atom is -0.396 e. The van der Waals surface area contributed by atoms with Gasteiger partial charge in [-0.15, -0.1) is 0 Å². The zero-order valence-corrected chi connectivity index (χ0v) is 7.48. The van der Waals surface area contributed by atoms with E-state index in [-0.39, 0.29) is 24.5 Å². The van der Waals surface area contributed by atoms with Gasteiger partial charge in [-0.2, -0.15) is 0 Å². The summed E-state index contributed by atoms with van der Waals surface area (Å²) in [7, 11) is 0. The van der Waals surface area contributed by atoms with Gasteiger partial charge < -0.3 is 10.2 Å². The van der Waals surface area contributed by atoms with Crippen LogP contribution in [0, 0.1) is 5.92 Å². The van der Waals surface area contributed by atoms with Crippen molar-refractivity contribution in [1.82, 2.24) is 0 Å². The molecule has 0 bridgehead atoms. The number of hydrogen-bond acceptors (Lipinski definition) is 2. The largest absolute Gasteiger partial charge is 0.396 e. The van der Waals surface area contributed by atoms with Crippen molar-refractivity contribution in [3.05, 3.63) is 35.9 Å². The van der Waals surface area contributed by atoms with Gasteiger partial charge in [-0.3, -0.25) is 0 Å². The van der Waals surface area contributed by atoms with E-state index in [0.29, 0.717) is 0 Å². The van der Waals surface area contributed by atoms with E-state index < -0.39 is 0 Å². The maximum Gasteiger partial charge on any atom is 0.0531 e. The standard InChI is InChI=1S/C11H14O2/c12-7-10-6-11(10,8-13)9-4-2-1-3-5-9/h1-5,10,12-13H,6-8H2/t10-,11+/m1/s1. The molecule has 70 valence electrons. The first-order valence-electron chi connectivity index (χ1n) is 4.61. The van der Waals surface area contributed by atoms with E-state index in [1.54, 1.807) is 0 Å². The van der Waals surface area contributed by atoms with Crippen LogP contribution < -0.4 is 0 Å². The average Bonchev–Trinajstić information content (AvgIpc) is 2.94. The Labute approximate surface area is 77.8 Å². The molecular formula is C11H14O2. The Hall–Kier alpha value is -0.860. The Bertz CT molecular complexity index is 283. The maximum absolute atomic E-state index is 9.30. The quantitative estimate of drug-likeness (QED) is 0.722. The van der Waals surface area contributed by atoms with E-state index in [1.807, 2.05) is 30.3 Å². The molecule has 0 heterocycles. The van der Waals surface area contributed by atoms with Crippen LogP contribution in [-0.4, -0.2) is 23.4 Å². The first kappa shape index (κ1) is 8.73. The summed E-state index contributed by atoms with van der Waals surface area (Å²) in [5.74, 6) is 0.250. The molecule has 1 saturated carbocycles. The van der Waals surface area contributed by atoms with Crippen LogP contribution in [0.5, 0.6) is 0 Å². The molecule has 1 fully saturated rings. The van der Waals surface area contributed by atoms with Crippen molar-refractivity contribution in [3.8, 4) is 0 Å². The smallest absolute Gasteiger partial charge is 0.0531 e. The Morgan fingerprint density at radius 2 is 1.92 bits per heavy atom. The summed E-state index contributed by atoms with van der Waals surface area (Å²) in [6, 6.07) is 9.95. The van der Waals surface area contributed by atoms with Gasteiger partial charge in [-0.25, -0.2) is 0 Å².